The molecule has 1 aliphatic heterocycles. The molecule has 8 heteroatoms. The first-order valence-electron chi connectivity index (χ1n) is 7.91. The van der Waals surface area contributed by atoms with Gasteiger partial charge in [0.25, 0.3) is 5.91 Å². The topological polar surface area (TPSA) is 58.6 Å². The minimum absolute atomic E-state index is 0.0890. The van der Waals surface area contributed by atoms with E-state index in [2.05, 4.69) is 5.32 Å². The average Bonchev–Trinajstić information content (AvgIpc) is 3.03. The van der Waals surface area contributed by atoms with Crippen molar-refractivity contribution >= 4 is 58.0 Å². The lowest BCUT2D eigenvalue weighted by Crippen LogP contribution is -2.24. The van der Waals surface area contributed by atoms with Gasteiger partial charge in [0, 0.05) is 30.4 Å². The zero-order valence-electron chi connectivity index (χ0n) is 13.6. The van der Waals surface area contributed by atoms with Gasteiger partial charge in [0.2, 0.25) is 5.91 Å². The normalized spacial score (nSPS) is 13.8. The number of nitrogens with zero attached hydrogens (tertiary/aromatic N) is 1. The molecule has 2 aromatic rings. The molecule has 1 heterocycles. The summed E-state index contributed by atoms with van der Waals surface area (Å²) in [6, 6.07) is 10.0. The van der Waals surface area contributed by atoms with E-state index in [0.29, 0.717) is 23.7 Å². The van der Waals surface area contributed by atoms with Crippen LogP contribution in [0.4, 0.5) is 11.4 Å². The number of rotatable bonds is 5. The quantitative estimate of drug-likeness (QED) is 0.717. The molecule has 2 aromatic carbocycles. The van der Waals surface area contributed by atoms with Gasteiger partial charge < -0.3 is 15.0 Å². The second-order valence-electron chi connectivity index (χ2n) is 5.73. The zero-order chi connectivity index (χ0) is 18.7. The van der Waals surface area contributed by atoms with Gasteiger partial charge in [0.15, 0.2) is 6.61 Å². The highest BCUT2D eigenvalue weighted by Gasteiger charge is 2.21. The lowest BCUT2D eigenvalue weighted by molar-refractivity contribution is -0.118. The number of carbonyl (C=O) groups is 2. The Morgan fingerprint density at radius 2 is 1.88 bits per heavy atom. The molecule has 1 aliphatic rings. The van der Waals surface area contributed by atoms with E-state index in [9.17, 15) is 9.59 Å². The third-order valence-electron chi connectivity index (χ3n) is 3.85. The number of anilines is 2. The van der Waals surface area contributed by atoms with Crippen molar-refractivity contribution in [3.63, 3.8) is 0 Å². The van der Waals surface area contributed by atoms with Crippen LogP contribution in [0.5, 0.6) is 5.75 Å². The molecule has 0 unspecified atom stereocenters. The van der Waals surface area contributed by atoms with Gasteiger partial charge in [-0.2, -0.15) is 0 Å². The Balaban J connectivity index is 1.62. The number of hydrogen-bond acceptors (Lipinski definition) is 3. The second-order valence-corrected chi connectivity index (χ2v) is 6.95. The molecule has 0 spiro atoms. The van der Waals surface area contributed by atoms with Crippen LogP contribution in [-0.2, 0) is 9.59 Å². The summed E-state index contributed by atoms with van der Waals surface area (Å²) >= 11 is 17.8. The van der Waals surface area contributed by atoms with Crippen molar-refractivity contribution in [2.45, 2.75) is 12.8 Å². The van der Waals surface area contributed by atoms with Crippen LogP contribution < -0.4 is 15.0 Å². The lowest BCUT2D eigenvalue weighted by Gasteiger charge is -2.17. The molecule has 1 N–H and O–H groups in total. The van der Waals surface area contributed by atoms with Crippen molar-refractivity contribution in [2.24, 2.45) is 0 Å². The van der Waals surface area contributed by atoms with Crippen molar-refractivity contribution < 1.29 is 14.3 Å². The van der Waals surface area contributed by atoms with Gasteiger partial charge in [-0.05, 0) is 30.7 Å². The number of amides is 2. The fraction of sp³-hybridized carbons (Fsp3) is 0.222. The largest absolute Gasteiger partial charge is 0.482 e. The maximum atomic E-state index is 12.1. The Morgan fingerprint density at radius 3 is 2.62 bits per heavy atom. The van der Waals surface area contributed by atoms with Crippen LogP contribution in [0.3, 0.4) is 0 Å². The number of halogens is 3. The number of ether oxygens (including phenoxy) is 1. The molecule has 0 atom stereocenters. The summed E-state index contributed by atoms with van der Waals surface area (Å²) in [6.07, 6.45) is 1.39. The zero-order valence-corrected chi connectivity index (χ0v) is 15.9. The minimum atomic E-state index is -0.364. The monoisotopic (exact) mass is 412 g/mol. The smallest absolute Gasteiger partial charge is 0.262 e. The first-order chi connectivity index (χ1) is 12.4. The van der Waals surface area contributed by atoms with Crippen LogP contribution in [0.2, 0.25) is 15.1 Å². The Labute approximate surface area is 165 Å². The van der Waals surface area contributed by atoms with Crippen LogP contribution in [0.25, 0.3) is 0 Å². The highest BCUT2D eigenvalue weighted by atomic mass is 35.5. The maximum Gasteiger partial charge on any atom is 0.262 e. The van der Waals surface area contributed by atoms with E-state index in [-0.39, 0.29) is 34.2 Å². The van der Waals surface area contributed by atoms with E-state index < -0.39 is 0 Å². The number of carbonyl (C=O) groups excluding carboxylic acids is 2. The van der Waals surface area contributed by atoms with E-state index in [1.807, 2.05) is 6.07 Å². The van der Waals surface area contributed by atoms with E-state index in [0.717, 1.165) is 12.1 Å². The minimum Gasteiger partial charge on any atom is -0.482 e. The summed E-state index contributed by atoms with van der Waals surface area (Å²) in [5, 5.41) is 3.59. The summed E-state index contributed by atoms with van der Waals surface area (Å²) < 4.78 is 5.40. The summed E-state index contributed by atoms with van der Waals surface area (Å²) in [4.78, 5) is 25.7. The molecule has 1 fully saturated rings. The van der Waals surface area contributed by atoms with Crippen molar-refractivity contribution in [3.05, 3.63) is 51.5 Å². The molecule has 0 bridgehead atoms. The van der Waals surface area contributed by atoms with Gasteiger partial charge in [-0.1, -0.05) is 40.9 Å². The molecule has 3 rings (SSSR count). The van der Waals surface area contributed by atoms with Crippen LogP contribution in [-0.4, -0.2) is 25.0 Å². The van der Waals surface area contributed by atoms with Gasteiger partial charge in [0.05, 0.1) is 15.1 Å². The molecular weight excluding hydrogens is 399 g/mol. The van der Waals surface area contributed by atoms with E-state index in [1.54, 1.807) is 23.1 Å². The lowest BCUT2D eigenvalue weighted by atomic mass is 10.2. The van der Waals surface area contributed by atoms with Crippen molar-refractivity contribution in [1.82, 2.24) is 0 Å². The average molecular weight is 414 g/mol. The molecule has 5 nitrogen and oxygen atoms in total. The molecule has 0 saturated carbocycles. The molecule has 1 saturated heterocycles. The fourth-order valence-corrected chi connectivity index (χ4v) is 3.22. The highest BCUT2D eigenvalue weighted by molar-refractivity contribution is 6.43. The second kappa shape index (κ2) is 8.16. The van der Waals surface area contributed by atoms with E-state index in [1.165, 1.54) is 12.1 Å². The summed E-state index contributed by atoms with van der Waals surface area (Å²) in [7, 11) is 0. The Bertz CT molecular complexity index is 858. The predicted octanol–water partition coefficient (Wildman–Crippen LogP) is 4.79. The molecule has 0 aromatic heterocycles. The third kappa shape index (κ3) is 4.41. The van der Waals surface area contributed by atoms with Crippen LogP contribution >= 0.6 is 34.8 Å². The predicted molar refractivity (Wildman–Crippen MR) is 104 cm³/mol. The van der Waals surface area contributed by atoms with Gasteiger partial charge >= 0.3 is 0 Å². The first kappa shape index (κ1) is 18.8. The first-order valence-corrected chi connectivity index (χ1v) is 9.05. The fourth-order valence-electron chi connectivity index (χ4n) is 2.63. The standard InChI is InChI=1S/C18H15Cl3N2O3/c19-13-8-15(21)16(9-14(13)20)26-10-17(24)22-11-3-1-4-12(7-11)23-6-2-5-18(23)25/h1,3-4,7-9H,2,5-6,10H2,(H,22,24). The highest BCUT2D eigenvalue weighted by Crippen LogP contribution is 2.33. The van der Waals surface area contributed by atoms with Gasteiger partial charge in [-0.15, -0.1) is 0 Å². The molecular formula is C18H15Cl3N2O3. The van der Waals surface area contributed by atoms with Crippen LogP contribution in [0, 0.1) is 0 Å². The SMILES string of the molecule is O=C(COc1cc(Cl)c(Cl)cc1Cl)Nc1cccc(N2CCCC2=O)c1. The molecule has 26 heavy (non-hydrogen) atoms. The Morgan fingerprint density at radius 1 is 1.12 bits per heavy atom. The van der Waals surface area contributed by atoms with E-state index >= 15 is 0 Å². The van der Waals surface area contributed by atoms with Crippen LogP contribution in [0.15, 0.2) is 36.4 Å². The number of nitrogens with one attached hydrogen (secondary N) is 1. The van der Waals surface area contributed by atoms with Gasteiger partial charge in [0.1, 0.15) is 5.75 Å². The molecule has 2 amide bonds. The van der Waals surface area contributed by atoms with Crippen molar-refractivity contribution in [2.75, 3.05) is 23.4 Å². The van der Waals surface area contributed by atoms with Crippen molar-refractivity contribution in [1.29, 1.82) is 0 Å². The number of benzene rings is 2. The van der Waals surface area contributed by atoms with E-state index in [4.69, 9.17) is 39.5 Å². The summed E-state index contributed by atoms with van der Waals surface area (Å²) in [6.45, 7) is 0.444. The van der Waals surface area contributed by atoms with Crippen LogP contribution in [0.1, 0.15) is 12.8 Å². The molecule has 0 aliphatic carbocycles. The summed E-state index contributed by atoms with van der Waals surface area (Å²) in [5.74, 6) is -0.00395. The summed E-state index contributed by atoms with van der Waals surface area (Å²) in [5.41, 5.74) is 1.34. The Kier molecular flexibility index (Phi) is 5.91. The molecule has 0 radical (unpaired) electrons. The number of hydrogen-bond donors (Lipinski definition) is 1. The third-order valence-corrected chi connectivity index (χ3v) is 4.87. The molecule has 136 valence electrons. The van der Waals surface area contributed by atoms with Gasteiger partial charge in [-0.3, -0.25) is 9.59 Å². The maximum absolute atomic E-state index is 12.1. The van der Waals surface area contributed by atoms with Crippen molar-refractivity contribution in [3.8, 4) is 5.75 Å². The van der Waals surface area contributed by atoms with Gasteiger partial charge in [-0.25, -0.2) is 0 Å². The Hall–Kier alpha value is -1.95.